The molecule has 0 fully saturated rings. The van der Waals surface area contributed by atoms with Crippen LogP contribution in [0, 0.1) is 0 Å². The molecule has 0 radical (unpaired) electrons. The lowest BCUT2D eigenvalue weighted by Gasteiger charge is -2.16. The Morgan fingerprint density at radius 2 is 1.33 bits per heavy atom. The Morgan fingerprint density at radius 1 is 0.944 bits per heavy atom. The Kier molecular flexibility index (Phi) is 3.77. The Hall–Kier alpha value is -1.48. The Labute approximate surface area is 97.2 Å². The fourth-order valence-electron chi connectivity index (χ4n) is 1.21. The summed E-state index contributed by atoms with van der Waals surface area (Å²) < 4.78 is 74.3. The molecule has 1 rings (SSSR count). The molecule has 0 aliphatic rings. The van der Waals surface area contributed by atoms with Crippen LogP contribution in [0.5, 0.6) is 0 Å². The minimum Gasteiger partial charge on any atom is -0.361 e. The van der Waals surface area contributed by atoms with Gasteiger partial charge in [-0.3, -0.25) is 5.73 Å². The standard InChI is InChI=1S/C9H8F6N2O/c10-8(11,12)4-1-5(9(13,14)15)3-6(2-4)17-7(16)18/h1-3,7,17-18H,16H2. The molecule has 0 spiro atoms. The van der Waals surface area contributed by atoms with Gasteiger partial charge in [0.1, 0.15) is 0 Å². The van der Waals surface area contributed by atoms with Gasteiger partial charge in [0.15, 0.2) is 6.35 Å². The second kappa shape index (κ2) is 4.65. The van der Waals surface area contributed by atoms with Crippen molar-refractivity contribution in [2.75, 3.05) is 5.32 Å². The predicted octanol–water partition coefficient (Wildman–Crippen LogP) is 2.37. The van der Waals surface area contributed by atoms with Crippen LogP contribution < -0.4 is 11.1 Å². The zero-order chi connectivity index (χ0) is 14.1. The molecule has 3 nitrogen and oxygen atoms in total. The van der Waals surface area contributed by atoms with Crippen LogP contribution in [0.25, 0.3) is 0 Å². The van der Waals surface area contributed by atoms with Crippen molar-refractivity contribution in [3.63, 3.8) is 0 Å². The summed E-state index contributed by atoms with van der Waals surface area (Å²) in [5, 5.41) is 10.6. The molecule has 1 aromatic rings. The van der Waals surface area contributed by atoms with Crippen LogP contribution in [0.1, 0.15) is 11.1 Å². The summed E-state index contributed by atoms with van der Waals surface area (Å²) in [7, 11) is 0. The summed E-state index contributed by atoms with van der Waals surface area (Å²) in [6, 6.07) is 0.824. The SMILES string of the molecule is NC(O)Nc1cc(C(F)(F)F)cc(C(F)(F)F)c1. The van der Waals surface area contributed by atoms with Gasteiger partial charge in [-0.15, -0.1) is 0 Å². The van der Waals surface area contributed by atoms with Crippen LogP contribution in [-0.4, -0.2) is 11.5 Å². The van der Waals surface area contributed by atoms with Crippen molar-refractivity contribution in [1.82, 2.24) is 0 Å². The third kappa shape index (κ3) is 3.77. The molecule has 18 heavy (non-hydrogen) atoms. The summed E-state index contributed by atoms with van der Waals surface area (Å²) in [5.41, 5.74) is 1.28. The van der Waals surface area contributed by atoms with Gasteiger partial charge < -0.3 is 10.4 Å². The highest BCUT2D eigenvalue weighted by molar-refractivity contribution is 5.50. The van der Waals surface area contributed by atoms with E-state index < -0.39 is 35.5 Å². The van der Waals surface area contributed by atoms with Crippen molar-refractivity contribution in [3.05, 3.63) is 29.3 Å². The molecule has 0 aliphatic carbocycles. The highest BCUT2D eigenvalue weighted by atomic mass is 19.4. The van der Waals surface area contributed by atoms with Gasteiger partial charge >= 0.3 is 12.4 Å². The number of aliphatic hydroxyl groups excluding tert-OH is 1. The fraction of sp³-hybridized carbons (Fsp3) is 0.333. The minimum absolute atomic E-state index is 0.0198. The first-order valence-corrected chi connectivity index (χ1v) is 4.50. The second-order valence-electron chi connectivity index (χ2n) is 3.38. The molecule has 0 heterocycles. The van der Waals surface area contributed by atoms with E-state index in [-0.39, 0.29) is 6.07 Å². The minimum atomic E-state index is -4.93. The fourth-order valence-corrected chi connectivity index (χ4v) is 1.21. The lowest BCUT2D eigenvalue weighted by Crippen LogP contribution is -2.29. The number of nitrogens with two attached hydrogens (primary N) is 1. The third-order valence-electron chi connectivity index (χ3n) is 1.90. The smallest absolute Gasteiger partial charge is 0.361 e. The van der Waals surface area contributed by atoms with Crippen molar-refractivity contribution in [2.45, 2.75) is 18.7 Å². The maximum atomic E-state index is 12.4. The molecule has 1 unspecified atom stereocenters. The van der Waals surface area contributed by atoms with E-state index in [4.69, 9.17) is 10.8 Å². The molecule has 0 aliphatic heterocycles. The molecule has 1 atom stereocenters. The second-order valence-corrected chi connectivity index (χ2v) is 3.38. The van der Waals surface area contributed by atoms with Crippen molar-refractivity contribution >= 4 is 5.69 Å². The normalized spacial score (nSPS) is 14.4. The number of rotatable bonds is 2. The van der Waals surface area contributed by atoms with Gasteiger partial charge in [0.25, 0.3) is 0 Å². The van der Waals surface area contributed by atoms with Crippen LogP contribution in [0.4, 0.5) is 32.0 Å². The monoisotopic (exact) mass is 274 g/mol. The number of hydrogen-bond donors (Lipinski definition) is 3. The van der Waals surface area contributed by atoms with E-state index >= 15 is 0 Å². The summed E-state index contributed by atoms with van der Waals surface area (Å²) >= 11 is 0. The Bertz CT molecular complexity index is 394. The highest BCUT2D eigenvalue weighted by Crippen LogP contribution is 2.37. The molecule has 4 N–H and O–H groups in total. The maximum absolute atomic E-state index is 12.4. The topological polar surface area (TPSA) is 58.3 Å². The van der Waals surface area contributed by atoms with E-state index in [1.54, 1.807) is 0 Å². The first kappa shape index (κ1) is 14.6. The van der Waals surface area contributed by atoms with Gasteiger partial charge in [0.2, 0.25) is 0 Å². The molecule has 102 valence electrons. The molecule has 0 saturated heterocycles. The zero-order valence-corrected chi connectivity index (χ0v) is 8.60. The average molecular weight is 274 g/mol. The van der Waals surface area contributed by atoms with Crippen LogP contribution in [0.3, 0.4) is 0 Å². The molecule has 0 aromatic heterocycles. The molecule has 0 saturated carbocycles. The molecule has 0 bridgehead atoms. The summed E-state index contributed by atoms with van der Waals surface area (Å²) in [4.78, 5) is 0. The first-order valence-electron chi connectivity index (χ1n) is 4.50. The summed E-state index contributed by atoms with van der Waals surface area (Å²) in [6.45, 7) is 0. The van der Waals surface area contributed by atoms with Crippen LogP contribution in [0.2, 0.25) is 0 Å². The van der Waals surface area contributed by atoms with E-state index in [1.165, 1.54) is 0 Å². The summed E-state index contributed by atoms with van der Waals surface area (Å²) in [5.74, 6) is 0. The van der Waals surface area contributed by atoms with Crippen LogP contribution in [0.15, 0.2) is 18.2 Å². The number of anilines is 1. The van der Waals surface area contributed by atoms with Gasteiger partial charge in [0.05, 0.1) is 11.1 Å². The van der Waals surface area contributed by atoms with Gasteiger partial charge in [-0.2, -0.15) is 26.3 Å². The van der Waals surface area contributed by atoms with Gasteiger partial charge in [-0.25, -0.2) is 0 Å². The number of halogens is 6. The third-order valence-corrected chi connectivity index (χ3v) is 1.90. The summed E-state index contributed by atoms with van der Waals surface area (Å²) in [6.07, 6.45) is -11.6. The molecule has 0 amide bonds. The predicted molar refractivity (Wildman–Crippen MR) is 50.3 cm³/mol. The van der Waals surface area contributed by atoms with Crippen molar-refractivity contribution in [2.24, 2.45) is 5.73 Å². The van der Waals surface area contributed by atoms with Crippen LogP contribution >= 0.6 is 0 Å². The quantitative estimate of drug-likeness (QED) is 0.573. The highest BCUT2D eigenvalue weighted by Gasteiger charge is 2.36. The molecule has 1 aromatic carbocycles. The van der Waals surface area contributed by atoms with E-state index in [9.17, 15) is 26.3 Å². The first-order chi connectivity index (χ1) is 8.00. The van der Waals surface area contributed by atoms with Gasteiger partial charge in [-0.05, 0) is 18.2 Å². The zero-order valence-electron chi connectivity index (χ0n) is 8.60. The lowest BCUT2D eigenvalue weighted by molar-refractivity contribution is -0.143. The van der Waals surface area contributed by atoms with E-state index in [2.05, 4.69) is 0 Å². The van der Waals surface area contributed by atoms with Crippen LogP contribution in [-0.2, 0) is 12.4 Å². The number of aliphatic hydroxyl groups is 1. The van der Waals surface area contributed by atoms with E-state index in [1.807, 2.05) is 5.32 Å². The van der Waals surface area contributed by atoms with E-state index in [0.717, 1.165) is 0 Å². The molecule has 9 heteroatoms. The number of alkyl halides is 6. The van der Waals surface area contributed by atoms with Gasteiger partial charge in [-0.1, -0.05) is 0 Å². The van der Waals surface area contributed by atoms with Gasteiger partial charge in [0, 0.05) is 5.69 Å². The van der Waals surface area contributed by atoms with Crippen molar-refractivity contribution in [3.8, 4) is 0 Å². The van der Waals surface area contributed by atoms with E-state index in [0.29, 0.717) is 12.1 Å². The average Bonchev–Trinajstić information content (AvgIpc) is 2.13. The Balaban J connectivity index is 3.29. The number of benzene rings is 1. The Morgan fingerprint density at radius 3 is 1.61 bits per heavy atom. The molecular weight excluding hydrogens is 266 g/mol. The number of hydrogen-bond acceptors (Lipinski definition) is 3. The number of nitrogens with one attached hydrogen (secondary N) is 1. The lowest BCUT2D eigenvalue weighted by atomic mass is 10.1. The molecular formula is C9H8F6N2O. The van der Waals surface area contributed by atoms with Crippen molar-refractivity contribution < 1.29 is 31.4 Å². The van der Waals surface area contributed by atoms with Crippen molar-refractivity contribution in [1.29, 1.82) is 0 Å². The maximum Gasteiger partial charge on any atom is 0.416 e. The largest absolute Gasteiger partial charge is 0.416 e.